The number of carbonyl (C=O) groups is 2. The highest BCUT2D eigenvalue weighted by Crippen LogP contribution is 2.38. The van der Waals surface area contributed by atoms with Crippen LogP contribution in [0.25, 0.3) is 0 Å². The van der Waals surface area contributed by atoms with E-state index in [4.69, 9.17) is 18.5 Å². The van der Waals surface area contributed by atoms with Gasteiger partial charge in [0.25, 0.3) is 7.82 Å². The molecule has 0 aromatic carbocycles. The van der Waals surface area contributed by atoms with Crippen LogP contribution in [-0.2, 0) is 32.7 Å². The molecular formula is C50H80NO8P. The van der Waals surface area contributed by atoms with Crippen molar-refractivity contribution in [2.45, 2.75) is 136 Å². The van der Waals surface area contributed by atoms with Crippen molar-refractivity contribution >= 4 is 19.8 Å². The number of hydrogen-bond donors (Lipinski definition) is 0. The number of likely N-dealkylation sites (N-methyl/N-ethyl adjacent to an activating group) is 1. The van der Waals surface area contributed by atoms with Crippen molar-refractivity contribution < 1.29 is 42.1 Å². The van der Waals surface area contributed by atoms with Crippen molar-refractivity contribution in [2.75, 3.05) is 47.5 Å². The van der Waals surface area contributed by atoms with Crippen LogP contribution in [0.15, 0.2) is 122 Å². The van der Waals surface area contributed by atoms with Gasteiger partial charge < -0.3 is 27.9 Å². The molecule has 60 heavy (non-hydrogen) atoms. The minimum absolute atomic E-state index is 0.0550. The van der Waals surface area contributed by atoms with Crippen molar-refractivity contribution in [1.29, 1.82) is 0 Å². The van der Waals surface area contributed by atoms with E-state index in [0.29, 0.717) is 30.3 Å². The van der Waals surface area contributed by atoms with Crippen molar-refractivity contribution in [3.63, 3.8) is 0 Å². The lowest BCUT2D eigenvalue weighted by atomic mass is 10.1. The number of phosphoric ester groups is 1. The van der Waals surface area contributed by atoms with Crippen LogP contribution in [0.5, 0.6) is 0 Å². The number of ether oxygens (including phenoxy) is 2. The molecule has 0 amide bonds. The Morgan fingerprint density at radius 1 is 0.517 bits per heavy atom. The quantitative estimate of drug-likeness (QED) is 0.0198. The first-order valence-corrected chi connectivity index (χ1v) is 23.7. The first kappa shape index (κ1) is 56.4. The van der Waals surface area contributed by atoms with Crippen LogP contribution < -0.4 is 4.89 Å². The van der Waals surface area contributed by atoms with Gasteiger partial charge in [0.1, 0.15) is 19.8 Å². The number of carbonyl (C=O) groups excluding carboxylic acids is 2. The molecule has 0 radical (unpaired) electrons. The zero-order valence-electron chi connectivity index (χ0n) is 37.8. The van der Waals surface area contributed by atoms with E-state index in [9.17, 15) is 19.0 Å². The smallest absolute Gasteiger partial charge is 0.306 e. The molecule has 0 N–H and O–H groups in total. The summed E-state index contributed by atoms with van der Waals surface area (Å²) in [5.74, 6) is -0.956. The molecule has 0 heterocycles. The molecule has 0 saturated heterocycles. The standard InChI is InChI=1S/C50H80NO8P/c1-6-8-10-12-14-16-18-20-22-24-25-27-28-30-32-34-36-38-40-42-49(52)56-46-48(47-58-60(54,55)57-45-44-51(3,4)5)59-50(53)43-41-39-37-35-33-31-29-26-23-21-19-17-15-13-11-9-7-2/h8-11,14-17,20-23,25,27,29-32,35,37,48H,6-7,12-13,18-19,24,26,28,33-34,36,38-47H2,1-5H3/b10-8+,11-9+,16-14+,17-15+,22-20+,23-21+,27-25+,31-29+,32-30+,37-35+/t48-/m1/s1. The van der Waals surface area contributed by atoms with Gasteiger partial charge in [-0.2, -0.15) is 0 Å². The van der Waals surface area contributed by atoms with Crippen molar-refractivity contribution in [1.82, 2.24) is 0 Å². The summed E-state index contributed by atoms with van der Waals surface area (Å²) < 4.78 is 33.8. The third-order valence-electron chi connectivity index (χ3n) is 8.48. The Morgan fingerprint density at radius 2 is 0.917 bits per heavy atom. The molecule has 0 rings (SSSR count). The maximum Gasteiger partial charge on any atom is 0.306 e. The third-order valence-corrected chi connectivity index (χ3v) is 9.44. The molecule has 0 spiro atoms. The lowest BCUT2D eigenvalue weighted by Gasteiger charge is -2.28. The van der Waals surface area contributed by atoms with Gasteiger partial charge >= 0.3 is 11.9 Å². The highest BCUT2D eigenvalue weighted by molar-refractivity contribution is 7.45. The number of phosphoric acid groups is 1. The second-order valence-corrected chi connectivity index (χ2v) is 16.7. The van der Waals surface area contributed by atoms with Gasteiger partial charge in [-0.1, -0.05) is 142 Å². The van der Waals surface area contributed by atoms with Crippen LogP contribution in [0.4, 0.5) is 0 Å². The SMILES string of the molecule is CC/C=C/C/C=C/C/C=C/C/C=C/C/C=C/CCCCCC(=O)OC[C@H](COP(=O)([O-])OCC[N+](C)(C)C)OC(=O)CCC/C=C/C/C=C/C/C=C/C/C=C/C/C=C/CC. The Kier molecular flexibility index (Phi) is 38.4. The number of nitrogens with zero attached hydrogens (tertiary/aromatic N) is 1. The first-order chi connectivity index (χ1) is 29.0. The monoisotopic (exact) mass is 854 g/mol. The molecule has 2 atom stereocenters. The van der Waals surface area contributed by atoms with E-state index in [-0.39, 0.29) is 26.1 Å². The van der Waals surface area contributed by atoms with Gasteiger partial charge in [0.05, 0.1) is 27.7 Å². The molecule has 0 bridgehead atoms. The minimum Gasteiger partial charge on any atom is -0.756 e. The number of rotatable bonds is 38. The normalized spacial score (nSPS) is 14.7. The summed E-state index contributed by atoms with van der Waals surface area (Å²) in [6, 6.07) is 0. The third kappa shape index (κ3) is 44.0. The summed E-state index contributed by atoms with van der Waals surface area (Å²) in [7, 11) is 1.08. The molecule has 9 nitrogen and oxygen atoms in total. The number of esters is 2. The summed E-state index contributed by atoms with van der Waals surface area (Å²) in [5, 5.41) is 0. The highest BCUT2D eigenvalue weighted by atomic mass is 31.2. The van der Waals surface area contributed by atoms with E-state index in [1.165, 1.54) is 0 Å². The summed E-state index contributed by atoms with van der Waals surface area (Å²) >= 11 is 0. The Bertz CT molecular complexity index is 1430. The molecule has 338 valence electrons. The fourth-order valence-electron chi connectivity index (χ4n) is 5.07. The fourth-order valence-corrected chi connectivity index (χ4v) is 5.80. The van der Waals surface area contributed by atoms with Gasteiger partial charge in [0.15, 0.2) is 6.10 Å². The maximum absolute atomic E-state index is 12.7. The van der Waals surface area contributed by atoms with E-state index < -0.39 is 32.5 Å². The van der Waals surface area contributed by atoms with Gasteiger partial charge in [0, 0.05) is 12.8 Å². The van der Waals surface area contributed by atoms with Crippen LogP contribution in [0.1, 0.15) is 129 Å². The Hall–Kier alpha value is -3.59. The zero-order chi connectivity index (χ0) is 44.3. The Morgan fingerprint density at radius 3 is 1.35 bits per heavy atom. The summed E-state index contributed by atoms with van der Waals surface area (Å²) in [6.45, 7) is 3.85. The van der Waals surface area contributed by atoms with Crippen LogP contribution in [0.3, 0.4) is 0 Å². The molecule has 0 aromatic rings. The molecule has 0 aromatic heterocycles. The number of unbranched alkanes of at least 4 members (excludes halogenated alkanes) is 4. The zero-order valence-corrected chi connectivity index (χ0v) is 38.7. The highest BCUT2D eigenvalue weighted by Gasteiger charge is 2.21. The van der Waals surface area contributed by atoms with Crippen LogP contribution in [-0.4, -0.2) is 70.0 Å². The Balaban J connectivity index is 4.54. The summed E-state index contributed by atoms with van der Waals surface area (Å²) in [4.78, 5) is 37.5. The molecule has 0 aliphatic carbocycles. The summed E-state index contributed by atoms with van der Waals surface area (Å²) in [6.07, 6.45) is 56.6. The fraction of sp³-hybridized carbons (Fsp3) is 0.560. The predicted molar refractivity (Wildman–Crippen MR) is 249 cm³/mol. The second-order valence-electron chi connectivity index (χ2n) is 15.3. The lowest BCUT2D eigenvalue weighted by molar-refractivity contribution is -0.870. The number of allylic oxidation sites excluding steroid dienone is 20. The van der Waals surface area contributed by atoms with E-state index in [0.717, 1.165) is 83.5 Å². The van der Waals surface area contributed by atoms with Crippen LogP contribution in [0.2, 0.25) is 0 Å². The summed E-state index contributed by atoms with van der Waals surface area (Å²) in [5.41, 5.74) is 0. The molecule has 1 unspecified atom stereocenters. The molecule has 10 heteroatoms. The molecule has 0 aliphatic rings. The number of hydrogen-bond acceptors (Lipinski definition) is 8. The van der Waals surface area contributed by atoms with E-state index in [1.807, 2.05) is 27.2 Å². The van der Waals surface area contributed by atoms with Gasteiger partial charge in [-0.25, -0.2) is 0 Å². The first-order valence-electron chi connectivity index (χ1n) is 22.2. The predicted octanol–water partition coefficient (Wildman–Crippen LogP) is 12.3. The average Bonchev–Trinajstić information content (AvgIpc) is 3.20. The molecule has 0 saturated carbocycles. The van der Waals surface area contributed by atoms with Crippen molar-refractivity contribution in [2.24, 2.45) is 0 Å². The van der Waals surface area contributed by atoms with Gasteiger partial charge in [0.2, 0.25) is 0 Å². The maximum atomic E-state index is 12.7. The second kappa shape index (κ2) is 40.8. The minimum atomic E-state index is -4.66. The Labute approximate surface area is 365 Å². The van der Waals surface area contributed by atoms with Gasteiger partial charge in [-0.15, -0.1) is 0 Å². The van der Waals surface area contributed by atoms with Crippen LogP contribution >= 0.6 is 7.82 Å². The molecule has 0 aliphatic heterocycles. The average molecular weight is 854 g/mol. The molecular weight excluding hydrogens is 774 g/mol. The van der Waals surface area contributed by atoms with Gasteiger partial charge in [-0.3, -0.25) is 14.2 Å². The number of quaternary nitrogens is 1. The van der Waals surface area contributed by atoms with Crippen molar-refractivity contribution in [3.05, 3.63) is 122 Å². The van der Waals surface area contributed by atoms with Crippen molar-refractivity contribution in [3.8, 4) is 0 Å². The largest absolute Gasteiger partial charge is 0.756 e. The van der Waals surface area contributed by atoms with E-state index in [2.05, 4.69) is 129 Å². The van der Waals surface area contributed by atoms with E-state index >= 15 is 0 Å². The topological polar surface area (TPSA) is 111 Å². The van der Waals surface area contributed by atoms with Crippen LogP contribution in [0, 0.1) is 0 Å². The van der Waals surface area contributed by atoms with Gasteiger partial charge in [-0.05, 0) is 96.3 Å². The van der Waals surface area contributed by atoms with E-state index in [1.54, 1.807) is 0 Å². The lowest BCUT2D eigenvalue weighted by Crippen LogP contribution is -2.37. The molecule has 0 fully saturated rings.